The molecule has 1 N–H and O–H groups in total. The molecule has 3 rings (SSSR count). The van der Waals surface area contributed by atoms with Crippen LogP contribution >= 0.6 is 0 Å². The fraction of sp³-hybridized carbons (Fsp3) is 0.429. The van der Waals surface area contributed by atoms with Crippen LogP contribution in [0.3, 0.4) is 0 Å². The first-order chi connectivity index (χ1) is 14.4. The number of imidazole rings is 1. The van der Waals surface area contributed by atoms with E-state index in [-0.39, 0.29) is 43.8 Å². The Balaban J connectivity index is 2.22. The van der Waals surface area contributed by atoms with Gasteiger partial charge in [0.25, 0.3) is 5.56 Å². The highest BCUT2D eigenvalue weighted by Gasteiger charge is 2.22. The van der Waals surface area contributed by atoms with E-state index < -0.39 is 17.2 Å². The van der Waals surface area contributed by atoms with Gasteiger partial charge in [-0.2, -0.15) is 0 Å². The molecule has 9 nitrogen and oxygen atoms in total. The Labute approximate surface area is 173 Å². The number of fused-ring (bicyclic) bond motifs is 1. The lowest BCUT2D eigenvalue weighted by atomic mass is 10.1. The number of hydrogen-bond donors (Lipinski definition) is 1. The summed E-state index contributed by atoms with van der Waals surface area (Å²) in [5.74, 6) is -0.0976. The number of aliphatic hydroxyl groups excluding tert-OH is 1. The Kier molecular flexibility index (Phi) is 6.51. The summed E-state index contributed by atoms with van der Waals surface area (Å²) in [4.78, 5) is 42.4. The Morgan fingerprint density at radius 3 is 2.50 bits per heavy atom. The number of hydrogen-bond acceptors (Lipinski definition) is 6. The van der Waals surface area contributed by atoms with Gasteiger partial charge in [-0.25, -0.2) is 9.78 Å². The van der Waals surface area contributed by atoms with E-state index in [1.807, 2.05) is 31.2 Å². The fourth-order valence-corrected chi connectivity index (χ4v) is 3.37. The van der Waals surface area contributed by atoms with Crippen molar-refractivity contribution >= 4 is 17.1 Å². The molecule has 30 heavy (non-hydrogen) atoms. The summed E-state index contributed by atoms with van der Waals surface area (Å²) in [6, 6.07) is 7.83. The SMILES string of the molecule is CCOC(=O)Cc1nc2c(c(=O)n(CCCO)c(=O)n2C)n1Cc1ccc(C)cc1. The third kappa shape index (κ3) is 4.20. The van der Waals surface area contributed by atoms with Crippen molar-refractivity contribution < 1.29 is 14.6 Å². The summed E-state index contributed by atoms with van der Waals surface area (Å²) in [5.41, 5.74) is 1.50. The summed E-state index contributed by atoms with van der Waals surface area (Å²) in [5, 5.41) is 9.12. The largest absolute Gasteiger partial charge is 0.466 e. The predicted molar refractivity (Wildman–Crippen MR) is 112 cm³/mol. The number of nitrogens with zero attached hydrogens (tertiary/aromatic N) is 4. The molecule has 3 aromatic rings. The van der Waals surface area contributed by atoms with E-state index in [0.717, 1.165) is 15.7 Å². The van der Waals surface area contributed by atoms with E-state index in [9.17, 15) is 14.4 Å². The smallest absolute Gasteiger partial charge is 0.332 e. The molecular weight excluding hydrogens is 388 g/mol. The van der Waals surface area contributed by atoms with Crippen molar-refractivity contribution in [3.63, 3.8) is 0 Å². The van der Waals surface area contributed by atoms with Crippen LogP contribution in [0.4, 0.5) is 0 Å². The van der Waals surface area contributed by atoms with Crippen LogP contribution in [0.15, 0.2) is 33.9 Å². The molecule has 2 heterocycles. The Morgan fingerprint density at radius 2 is 1.87 bits per heavy atom. The maximum Gasteiger partial charge on any atom is 0.332 e. The first-order valence-electron chi connectivity index (χ1n) is 9.88. The van der Waals surface area contributed by atoms with Crippen LogP contribution in [0.5, 0.6) is 0 Å². The van der Waals surface area contributed by atoms with Crippen molar-refractivity contribution in [3.8, 4) is 0 Å². The second-order valence-corrected chi connectivity index (χ2v) is 7.13. The number of esters is 1. The zero-order valence-corrected chi connectivity index (χ0v) is 17.4. The molecule has 0 radical (unpaired) electrons. The van der Waals surface area contributed by atoms with Crippen LogP contribution in [0.25, 0.3) is 11.2 Å². The predicted octanol–water partition coefficient (Wildman–Crippen LogP) is 0.741. The molecule has 0 aliphatic rings. The molecular formula is C21H26N4O5. The first kappa shape index (κ1) is 21.5. The van der Waals surface area contributed by atoms with Gasteiger partial charge in [-0.3, -0.25) is 18.7 Å². The van der Waals surface area contributed by atoms with Crippen LogP contribution < -0.4 is 11.2 Å². The van der Waals surface area contributed by atoms with Gasteiger partial charge in [0.2, 0.25) is 0 Å². The third-order valence-electron chi connectivity index (χ3n) is 4.92. The summed E-state index contributed by atoms with van der Waals surface area (Å²) in [6.45, 7) is 4.22. The highest BCUT2D eigenvalue weighted by atomic mass is 16.5. The molecule has 0 aliphatic carbocycles. The standard InChI is InChI=1S/C21H26N4O5/c1-4-30-17(27)12-16-22-19-18(25(16)13-15-8-6-14(2)7-9-15)20(28)24(10-5-11-26)21(29)23(19)3/h6-9,26H,4-5,10-13H2,1-3H3. The fourth-order valence-electron chi connectivity index (χ4n) is 3.37. The average Bonchev–Trinajstić information content (AvgIpc) is 3.06. The minimum Gasteiger partial charge on any atom is -0.466 e. The van der Waals surface area contributed by atoms with Crippen molar-refractivity contribution in [1.29, 1.82) is 0 Å². The molecule has 2 aromatic heterocycles. The summed E-state index contributed by atoms with van der Waals surface area (Å²) < 4.78 is 9.12. The van der Waals surface area contributed by atoms with Gasteiger partial charge < -0.3 is 14.4 Å². The molecule has 0 spiro atoms. The molecule has 0 atom stereocenters. The molecule has 1 aromatic carbocycles. The molecule has 0 fully saturated rings. The van der Waals surface area contributed by atoms with Crippen molar-refractivity contribution in [2.45, 2.75) is 39.8 Å². The van der Waals surface area contributed by atoms with Gasteiger partial charge in [-0.15, -0.1) is 0 Å². The van der Waals surface area contributed by atoms with Crippen LogP contribution in [0.2, 0.25) is 0 Å². The molecule has 0 aliphatic heterocycles. The van der Waals surface area contributed by atoms with Crippen molar-refractivity contribution in [2.75, 3.05) is 13.2 Å². The summed E-state index contributed by atoms with van der Waals surface area (Å²) in [6.07, 6.45) is 0.168. The topological polar surface area (TPSA) is 108 Å². The number of carbonyl (C=O) groups excluding carboxylic acids is 1. The third-order valence-corrected chi connectivity index (χ3v) is 4.92. The van der Waals surface area contributed by atoms with Crippen molar-refractivity contribution in [2.24, 2.45) is 7.05 Å². The van der Waals surface area contributed by atoms with Crippen molar-refractivity contribution in [3.05, 3.63) is 62.1 Å². The highest BCUT2D eigenvalue weighted by molar-refractivity contribution is 5.76. The lowest BCUT2D eigenvalue weighted by Crippen LogP contribution is -2.40. The van der Waals surface area contributed by atoms with Gasteiger partial charge in [0.15, 0.2) is 11.2 Å². The minimum atomic E-state index is -0.511. The van der Waals surface area contributed by atoms with Gasteiger partial charge in [0.05, 0.1) is 6.61 Å². The number of aliphatic hydroxyl groups is 1. The zero-order valence-electron chi connectivity index (χ0n) is 17.4. The molecule has 0 saturated heterocycles. The van der Waals surface area contributed by atoms with Gasteiger partial charge in [0, 0.05) is 26.7 Å². The molecule has 9 heteroatoms. The number of benzene rings is 1. The van der Waals surface area contributed by atoms with Crippen LogP contribution in [-0.2, 0) is 36.1 Å². The monoisotopic (exact) mass is 414 g/mol. The second-order valence-electron chi connectivity index (χ2n) is 7.13. The molecule has 160 valence electrons. The minimum absolute atomic E-state index is 0.0981. The van der Waals surface area contributed by atoms with Crippen LogP contribution in [0.1, 0.15) is 30.3 Å². The summed E-state index contributed by atoms with van der Waals surface area (Å²) >= 11 is 0. The average molecular weight is 414 g/mol. The van der Waals surface area contributed by atoms with Gasteiger partial charge in [-0.05, 0) is 25.8 Å². The first-order valence-corrected chi connectivity index (χ1v) is 9.88. The number of aromatic nitrogens is 4. The van der Waals surface area contributed by atoms with E-state index in [0.29, 0.717) is 12.4 Å². The van der Waals surface area contributed by atoms with E-state index >= 15 is 0 Å². The number of carbonyl (C=O) groups is 1. The Hall–Kier alpha value is -3.20. The number of ether oxygens (including phenoxy) is 1. The van der Waals surface area contributed by atoms with Gasteiger partial charge >= 0.3 is 11.7 Å². The molecule has 0 bridgehead atoms. The zero-order chi connectivity index (χ0) is 21.8. The highest BCUT2D eigenvalue weighted by Crippen LogP contribution is 2.16. The van der Waals surface area contributed by atoms with E-state index in [2.05, 4.69) is 4.98 Å². The maximum absolute atomic E-state index is 13.2. The lowest BCUT2D eigenvalue weighted by molar-refractivity contribution is -0.142. The molecule has 0 amide bonds. The Morgan fingerprint density at radius 1 is 1.17 bits per heavy atom. The molecule has 0 unspecified atom stereocenters. The van der Waals surface area contributed by atoms with E-state index in [1.54, 1.807) is 11.5 Å². The van der Waals surface area contributed by atoms with E-state index in [4.69, 9.17) is 9.84 Å². The second kappa shape index (κ2) is 9.08. The number of rotatable bonds is 8. The number of aryl methyl sites for hydroxylation is 2. The maximum atomic E-state index is 13.2. The summed E-state index contributed by atoms with van der Waals surface area (Å²) in [7, 11) is 1.54. The lowest BCUT2D eigenvalue weighted by Gasteiger charge is -2.11. The Bertz CT molecular complexity index is 1170. The van der Waals surface area contributed by atoms with Gasteiger partial charge in [0.1, 0.15) is 12.2 Å². The van der Waals surface area contributed by atoms with Crippen LogP contribution in [0, 0.1) is 6.92 Å². The van der Waals surface area contributed by atoms with Crippen LogP contribution in [-0.4, -0.2) is 43.0 Å². The van der Waals surface area contributed by atoms with Gasteiger partial charge in [-0.1, -0.05) is 29.8 Å². The van der Waals surface area contributed by atoms with Crippen molar-refractivity contribution in [1.82, 2.24) is 18.7 Å². The quantitative estimate of drug-likeness (QED) is 0.545. The molecule has 0 saturated carbocycles. The van der Waals surface area contributed by atoms with E-state index in [1.165, 1.54) is 11.6 Å². The normalized spacial score (nSPS) is 11.2.